The summed E-state index contributed by atoms with van der Waals surface area (Å²) in [5.41, 5.74) is 2.86. The van der Waals surface area contributed by atoms with E-state index in [4.69, 9.17) is 4.52 Å². The topological polar surface area (TPSA) is 62.5 Å². The van der Waals surface area contributed by atoms with Crippen molar-refractivity contribution in [1.82, 2.24) is 15.0 Å². The zero-order chi connectivity index (χ0) is 18.0. The Morgan fingerprint density at radius 1 is 1.24 bits per heavy atom. The van der Waals surface area contributed by atoms with Crippen molar-refractivity contribution in [3.8, 4) is 0 Å². The third-order valence-corrected chi connectivity index (χ3v) is 4.98. The average molecular weight is 358 g/mol. The van der Waals surface area contributed by atoms with Gasteiger partial charge in [-0.2, -0.15) is 0 Å². The maximum Gasteiger partial charge on any atom is 0.298 e. The quantitative estimate of drug-likeness (QED) is 0.676. The number of thiazole rings is 1. The first-order valence-corrected chi connectivity index (χ1v) is 9.09. The first-order valence-electron chi connectivity index (χ1n) is 8.27. The van der Waals surface area contributed by atoms with Crippen molar-refractivity contribution in [2.24, 2.45) is 0 Å². The molecule has 0 unspecified atom stereocenters. The summed E-state index contributed by atoms with van der Waals surface area (Å²) in [6, 6.07) is 7.90. The van der Waals surface area contributed by atoms with Crippen molar-refractivity contribution < 1.29 is 9.32 Å². The van der Waals surface area contributed by atoms with Gasteiger partial charge < -0.3 is 9.42 Å². The molecule has 0 bridgehead atoms. The van der Waals surface area contributed by atoms with E-state index in [1.54, 1.807) is 17.9 Å². The molecule has 0 aliphatic heterocycles. The second-order valence-corrected chi connectivity index (χ2v) is 7.25. The molecule has 6 nitrogen and oxygen atoms in total. The molecule has 0 atom stereocenters. The first-order chi connectivity index (χ1) is 12.0. The molecule has 0 fully saturated rings. The van der Waals surface area contributed by atoms with Crippen LogP contribution in [0.5, 0.6) is 0 Å². The summed E-state index contributed by atoms with van der Waals surface area (Å²) >= 11 is 1.53. The molecule has 3 rings (SSSR count). The van der Waals surface area contributed by atoms with Crippen LogP contribution in [0.25, 0.3) is 10.2 Å². The number of rotatable bonds is 6. The smallest absolute Gasteiger partial charge is 0.298 e. The standard InChI is InChI=1S/C18H22N4O2S/c1-5-13-6-7-14-16(11-13)25-18(19-14)22(9-8-21(3)4)17(23)15-10-12(2)20-24-15/h6-7,10-11H,5,8-9H2,1-4H3. The molecule has 2 aromatic heterocycles. The van der Waals surface area contributed by atoms with Crippen LogP contribution in [0.3, 0.4) is 0 Å². The Hall–Kier alpha value is -2.25. The highest BCUT2D eigenvalue weighted by Gasteiger charge is 2.24. The van der Waals surface area contributed by atoms with Gasteiger partial charge in [-0.05, 0) is 45.1 Å². The van der Waals surface area contributed by atoms with Crippen LogP contribution in [0.15, 0.2) is 28.8 Å². The van der Waals surface area contributed by atoms with Crippen molar-refractivity contribution in [2.75, 3.05) is 32.1 Å². The summed E-state index contributed by atoms with van der Waals surface area (Å²) in [6.07, 6.45) is 0.976. The van der Waals surface area contributed by atoms with E-state index in [1.165, 1.54) is 16.9 Å². The van der Waals surface area contributed by atoms with Crippen LogP contribution >= 0.6 is 11.3 Å². The maximum atomic E-state index is 12.9. The number of likely N-dealkylation sites (N-methyl/N-ethyl adjacent to an activating group) is 1. The molecule has 0 spiro atoms. The molecular formula is C18H22N4O2S. The molecule has 25 heavy (non-hydrogen) atoms. The van der Waals surface area contributed by atoms with Gasteiger partial charge in [0.1, 0.15) is 0 Å². The molecule has 0 aliphatic carbocycles. The number of hydrogen-bond donors (Lipinski definition) is 0. The summed E-state index contributed by atoms with van der Waals surface area (Å²) in [4.78, 5) is 21.3. The predicted octanol–water partition coefficient (Wildman–Crippen LogP) is 3.36. The Labute approximate surface area is 151 Å². The zero-order valence-electron chi connectivity index (χ0n) is 14.9. The third kappa shape index (κ3) is 3.88. The summed E-state index contributed by atoms with van der Waals surface area (Å²) in [5.74, 6) is 0.0296. The Balaban J connectivity index is 1.97. The molecule has 0 saturated heterocycles. The van der Waals surface area contributed by atoms with E-state index in [9.17, 15) is 4.79 Å². The molecule has 7 heteroatoms. The van der Waals surface area contributed by atoms with E-state index in [0.29, 0.717) is 17.4 Å². The van der Waals surface area contributed by atoms with Crippen LogP contribution in [0, 0.1) is 6.92 Å². The number of nitrogens with zero attached hydrogens (tertiary/aromatic N) is 4. The van der Waals surface area contributed by atoms with Gasteiger partial charge in [0.05, 0.1) is 15.9 Å². The molecule has 1 amide bonds. The van der Waals surface area contributed by atoms with Gasteiger partial charge in [-0.15, -0.1) is 0 Å². The minimum Gasteiger partial charge on any atom is -0.351 e. The number of carbonyl (C=O) groups excluding carboxylic acids is 1. The summed E-state index contributed by atoms with van der Waals surface area (Å²) in [6.45, 7) is 5.19. The van der Waals surface area contributed by atoms with E-state index in [1.807, 2.05) is 25.1 Å². The van der Waals surface area contributed by atoms with Gasteiger partial charge in [-0.1, -0.05) is 29.5 Å². The lowest BCUT2D eigenvalue weighted by atomic mass is 10.2. The Morgan fingerprint density at radius 2 is 2.04 bits per heavy atom. The van der Waals surface area contributed by atoms with Crippen LogP contribution in [0.1, 0.15) is 28.7 Å². The number of aromatic nitrogens is 2. The maximum absolute atomic E-state index is 12.9. The van der Waals surface area contributed by atoms with E-state index >= 15 is 0 Å². The molecule has 132 valence electrons. The van der Waals surface area contributed by atoms with Crippen LogP contribution in [0.2, 0.25) is 0 Å². The SMILES string of the molecule is CCc1ccc2nc(N(CCN(C)C)C(=O)c3cc(C)no3)sc2c1. The highest BCUT2D eigenvalue weighted by atomic mass is 32.1. The minimum absolute atomic E-state index is 0.211. The Morgan fingerprint density at radius 3 is 2.68 bits per heavy atom. The van der Waals surface area contributed by atoms with Crippen molar-refractivity contribution >= 4 is 32.6 Å². The second kappa shape index (κ2) is 7.33. The van der Waals surface area contributed by atoms with E-state index < -0.39 is 0 Å². The number of benzene rings is 1. The van der Waals surface area contributed by atoms with Gasteiger partial charge >= 0.3 is 0 Å². The molecule has 0 aliphatic rings. The molecule has 3 aromatic rings. The fourth-order valence-corrected chi connectivity index (χ4v) is 3.53. The molecule has 0 N–H and O–H groups in total. The van der Waals surface area contributed by atoms with E-state index in [2.05, 4.69) is 29.2 Å². The van der Waals surface area contributed by atoms with E-state index in [-0.39, 0.29) is 11.7 Å². The van der Waals surface area contributed by atoms with Gasteiger partial charge in [0.25, 0.3) is 5.91 Å². The van der Waals surface area contributed by atoms with Crippen molar-refractivity contribution in [3.63, 3.8) is 0 Å². The highest BCUT2D eigenvalue weighted by Crippen LogP contribution is 2.30. The number of amides is 1. The second-order valence-electron chi connectivity index (χ2n) is 6.24. The van der Waals surface area contributed by atoms with Crippen LogP contribution < -0.4 is 4.90 Å². The lowest BCUT2D eigenvalue weighted by molar-refractivity contribution is 0.0949. The zero-order valence-corrected chi connectivity index (χ0v) is 15.8. The Kier molecular flexibility index (Phi) is 5.15. The van der Waals surface area contributed by atoms with Crippen molar-refractivity contribution in [1.29, 1.82) is 0 Å². The number of aryl methyl sites for hydroxylation is 2. The first kappa shape index (κ1) is 17.6. The van der Waals surface area contributed by atoms with Crippen LogP contribution in [0.4, 0.5) is 5.13 Å². The number of hydrogen-bond acceptors (Lipinski definition) is 6. The van der Waals surface area contributed by atoms with Crippen molar-refractivity contribution in [3.05, 3.63) is 41.3 Å². The third-order valence-electron chi connectivity index (χ3n) is 3.94. The largest absolute Gasteiger partial charge is 0.351 e. The van der Waals surface area contributed by atoms with Crippen molar-refractivity contribution in [2.45, 2.75) is 20.3 Å². The lowest BCUT2D eigenvalue weighted by Gasteiger charge is -2.20. The van der Waals surface area contributed by atoms with Gasteiger partial charge in [0.2, 0.25) is 5.76 Å². The lowest BCUT2D eigenvalue weighted by Crippen LogP contribution is -2.36. The van der Waals surface area contributed by atoms with Crippen LogP contribution in [-0.2, 0) is 6.42 Å². The highest BCUT2D eigenvalue weighted by molar-refractivity contribution is 7.22. The van der Waals surface area contributed by atoms with Gasteiger partial charge in [-0.3, -0.25) is 9.69 Å². The Bertz CT molecular complexity index is 884. The monoisotopic (exact) mass is 358 g/mol. The van der Waals surface area contributed by atoms with Gasteiger partial charge in [0.15, 0.2) is 5.13 Å². The fourth-order valence-electron chi connectivity index (χ4n) is 2.47. The molecule has 0 radical (unpaired) electrons. The van der Waals surface area contributed by atoms with Gasteiger partial charge in [0, 0.05) is 19.2 Å². The minimum atomic E-state index is -0.211. The van der Waals surface area contributed by atoms with Gasteiger partial charge in [-0.25, -0.2) is 4.98 Å². The molecule has 2 heterocycles. The predicted molar refractivity (Wildman–Crippen MR) is 100 cm³/mol. The molecule has 1 aromatic carbocycles. The fraction of sp³-hybridized carbons (Fsp3) is 0.389. The normalized spacial score (nSPS) is 11.4. The number of fused-ring (bicyclic) bond motifs is 1. The molecule has 0 saturated carbocycles. The number of anilines is 1. The van der Waals surface area contributed by atoms with E-state index in [0.717, 1.165) is 23.2 Å². The number of carbonyl (C=O) groups is 1. The molecular weight excluding hydrogens is 336 g/mol. The summed E-state index contributed by atoms with van der Waals surface area (Å²) < 4.78 is 6.26. The summed E-state index contributed by atoms with van der Waals surface area (Å²) in [7, 11) is 3.96. The summed E-state index contributed by atoms with van der Waals surface area (Å²) in [5, 5.41) is 4.51. The van der Waals surface area contributed by atoms with Crippen LogP contribution in [-0.4, -0.2) is 48.1 Å². The average Bonchev–Trinajstić information content (AvgIpc) is 3.19.